The fourth-order valence-corrected chi connectivity index (χ4v) is 4.61. The Hall–Kier alpha value is -2.65. The summed E-state index contributed by atoms with van der Waals surface area (Å²) >= 11 is 6.13. The number of aryl methyl sites for hydroxylation is 1. The molecule has 1 N–H and O–H groups in total. The number of nitrogens with one attached hydrogen (secondary N) is 1. The van der Waals surface area contributed by atoms with Gasteiger partial charge in [-0.25, -0.2) is 8.42 Å². The Bertz CT molecular complexity index is 1040. The Balaban J connectivity index is 1.87. The maximum absolute atomic E-state index is 12.5. The number of halogens is 1. The molecule has 0 bridgehead atoms. The topological polar surface area (TPSA) is 110 Å². The Morgan fingerprint density at radius 1 is 1.26 bits per heavy atom. The first-order valence-corrected chi connectivity index (χ1v) is 10.0. The molecule has 1 aliphatic heterocycles. The molecular formula is C17H16ClN3O5S. The Morgan fingerprint density at radius 2 is 2.00 bits per heavy atom. The minimum Gasteiger partial charge on any atom is -0.321 e. The number of nitro groups is 1. The molecule has 3 rings (SSSR count). The first-order valence-electron chi connectivity index (χ1n) is 8.05. The van der Waals surface area contributed by atoms with Gasteiger partial charge in [-0.05, 0) is 43.7 Å². The first kappa shape index (κ1) is 19.1. The van der Waals surface area contributed by atoms with E-state index >= 15 is 0 Å². The molecule has 1 heterocycles. The molecule has 1 saturated heterocycles. The highest BCUT2D eigenvalue weighted by molar-refractivity contribution is 7.93. The fraction of sp³-hybridized carbons (Fsp3) is 0.235. The molecule has 0 saturated carbocycles. The van der Waals surface area contributed by atoms with Crippen LogP contribution in [0.25, 0.3) is 0 Å². The molecule has 1 fully saturated rings. The van der Waals surface area contributed by atoms with Gasteiger partial charge in [0.1, 0.15) is 0 Å². The molecule has 27 heavy (non-hydrogen) atoms. The summed E-state index contributed by atoms with van der Waals surface area (Å²) < 4.78 is 25.4. The molecule has 10 heteroatoms. The van der Waals surface area contributed by atoms with Crippen LogP contribution in [0.2, 0.25) is 5.02 Å². The highest BCUT2D eigenvalue weighted by Crippen LogP contribution is 2.31. The van der Waals surface area contributed by atoms with Crippen molar-refractivity contribution in [2.45, 2.75) is 13.3 Å². The average Bonchev–Trinajstić information content (AvgIpc) is 2.95. The third kappa shape index (κ3) is 3.88. The second-order valence-electron chi connectivity index (χ2n) is 6.12. The van der Waals surface area contributed by atoms with Gasteiger partial charge in [-0.15, -0.1) is 0 Å². The third-order valence-electron chi connectivity index (χ3n) is 4.24. The summed E-state index contributed by atoms with van der Waals surface area (Å²) in [5.41, 5.74) is 1.19. The van der Waals surface area contributed by atoms with Crippen LogP contribution in [-0.4, -0.2) is 31.5 Å². The number of hydrogen-bond donors (Lipinski definition) is 1. The van der Waals surface area contributed by atoms with Crippen LogP contribution in [0.3, 0.4) is 0 Å². The van der Waals surface area contributed by atoms with Crippen molar-refractivity contribution in [3.8, 4) is 0 Å². The molecule has 2 aromatic rings. The highest BCUT2D eigenvalue weighted by atomic mass is 35.5. The second kappa shape index (κ2) is 7.16. The fourth-order valence-electron chi connectivity index (χ4n) is 2.89. The van der Waals surface area contributed by atoms with Gasteiger partial charge in [0.2, 0.25) is 10.0 Å². The van der Waals surface area contributed by atoms with E-state index in [1.807, 2.05) is 0 Å². The van der Waals surface area contributed by atoms with Crippen LogP contribution in [0, 0.1) is 17.0 Å². The van der Waals surface area contributed by atoms with Crippen LogP contribution in [-0.2, 0) is 10.0 Å². The average molecular weight is 410 g/mol. The van der Waals surface area contributed by atoms with Crippen LogP contribution < -0.4 is 9.62 Å². The van der Waals surface area contributed by atoms with Gasteiger partial charge in [-0.2, -0.15) is 0 Å². The van der Waals surface area contributed by atoms with Gasteiger partial charge in [-0.1, -0.05) is 11.6 Å². The number of carbonyl (C=O) groups excluding carboxylic acids is 1. The molecule has 8 nitrogen and oxygen atoms in total. The second-order valence-corrected chi connectivity index (χ2v) is 8.54. The van der Waals surface area contributed by atoms with E-state index in [9.17, 15) is 23.3 Å². The largest absolute Gasteiger partial charge is 0.321 e. The molecule has 0 aliphatic carbocycles. The third-order valence-corrected chi connectivity index (χ3v) is 6.44. The predicted octanol–water partition coefficient (Wildman–Crippen LogP) is 3.35. The van der Waals surface area contributed by atoms with Crippen molar-refractivity contribution in [2.75, 3.05) is 21.9 Å². The van der Waals surface area contributed by atoms with Crippen molar-refractivity contribution in [3.05, 3.63) is 62.7 Å². The number of nitro benzene ring substituents is 1. The van der Waals surface area contributed by atoms with Crippen LogP contribution in [0.15, 0.2) is 36.4 Å². The van der Waals surface area contributed by atoms with Crippen LogP contribution in [0.5, 0.6) is 0 Å². The van der Waals surface area contributed by atoms with Gasteiger partial charge in [0.15, 0.2) is 0 Å². The summed E-state index contributed by atoms with van der Waals surface area (Å²) in [7, 11) is -3.36. The normalized spacial score (nSPS) is 15.6. The number of benzene rings is 2. The van der Waals surface area contributed by atoms with Gasteiger partial charge >= 0.3 is 0 Å². The zero-order valence-corrected chi connectivity index (χ0v) is 15.9. The van der Waals surface area contributed by atoms with E-state index < -0.39 is 20.9 Å². The van der Waals surface area contributed by atoms with E-state index in [1.165, 1.54) is 34.6 Å². The monoisotopic (exact) mass is 409 g/mol. The minimum absolute atomic E-state index is 0.0779. The summed E-state index contributed by atoms with van der Waals surface area (Å²) in [6.45, 7) is 1.92. The molecule has 0 aromatic heterocycles. The van der Waals surface area contributed by atoms with Gasteiger partial charge < -0.3 is 5.32 Å². The van der Waals surface area contributed by atoms with E-state index in [1.54, 1.807) is 13.0 Å². The van der Waals surface area contributed by atoms with Crippen molar-refractivity contribution in [1.29, 1.82) is 0 Å². The summed E-state index contributed by atoms with van der Waals surface area (Å²) in [5.74, 6) is -0.421. The van der Waals surface area contributed by atoms with Crippen molar-refractivity contribution >= 4 is 44.6 Å². The van der Waals surface area contributed by atoms with Crippen LogP contribution >= 0.6 is 11.6 Å². The van der Waals surface area contributed by atoms with E-state index in [0.29, 0.717) is 24.2 Å². The van der Waals surface area contributed by atoms with E-state index in [2.05, 4.69) is 5.32 Å². The minimum atomic E-state index is -3.36. The van der Waals surface area contributed by atoms with Crippen LogP contribution in [0.1, 0.15) is 22.3 Å². The number of sulfonamides is 1. The van der Waals surface area contributed by atoms with Gasteiger partial charge in [0.05, 0.1) is 27.1 Å². The van der Waals surface area contributed by atoms with E-state index in [4.69, 9.17) is 11.6 Å². The van der Waals surface area contributed by atoms with Crippen molar-refractivity contribution in [2.24, 2.45) is 0 Å². The first-order chi connectivity index (χ1) is 12.7. The number of amides is 1. The number of carbonyl (C=O) groups is 1. The summed E-state index contributed by atoms with van der Waals surface area (Å²) in [6, 6.07) is 8.62. The number of anilines is 2. The summed E-state index contributed by atoms with van der Waals surface area (Å²) in [5, 5.41) is 13.8. The lowest BCUT2D eigenvalue weighted by atomic mass is 10.1. The SMILES string of the molecule is Cc1cc(C(=O)Nc2cc(N3CCCS3(=O)=O)ccc2Cl)ccc1[N+](=O)[O-]. The van der Waals surface area contributed by atoms with E-state index in [-0.39, 0.29) is 27.7 Å². The van der Waals surface area contributed by atoms with Crippen molar-refractivity contribution in [1.82, 2.24) is 0 Å². The molecule has 2 aromatic carbocycles. The highest BCUT2D eigenvalue weighted by Gasteiger charge is 2.29. The van der Waals surface area contributed by atoms with Gasteiger partial charge in [0.25, 0.3) is 11.6 Å². The number of rotatable bonds is 4. The zero-order valence-electron chi connectivity index (χ0n) is 14.3. The maximum Gasteiger partial charge on any atom is 0.272 e. The standard InChI is InChI=1S/C17H16ClN3O5S/c1-11-9-12(3-6-16(11)21(23)24)17(22)19-15-10-13(4-5-14(15)18)20-7-2-8-27(20,25)26/h3-6,9-10H,2,7-8H2,1H3,(H,19,22). The lowest BCUT2D eigenvalue weighted by Crippen LogP contribution is -2.25. The zero-order chi connectivity index (χ0) is 19.8. The molecule has 0 unspecified atom stereocenters. The van der Waals surface area contributed by atoms with Gasteiger partial charge in [0, 0.05) is 23.7 Å². The molecule has 0 spiro atoms. The predicted molar refractivity (Wildman–Crippen MR) is 103 cm³/mol. The Morgan fingerprint density at radius 3 is 2.59 bits per heavy atom. The van der Waals surface area contributed by atoms with Crippen molar-refractivity contribution < 1.29 is 18.1 Å². The lowest BCUT2D eigenvalue weighted by Gasteiger charge is -2.18. The van der Waals surface area contributed by atoms with Gasteiger partial charge in [-0.3, -0.25) is 19.2 Å². The van der Waals surface area contributed by atoms with Crippen LogP contribution in [0.4, 0.5) is 17.1 Å². The molecule has 0 radical (unpaired) electrons. The quantitative estimate of drug-likeness (QED) is 0.615. The Labute approximate surface area is 160 Å². The summed E-state index contributed by atoms with van der Waals surface area (Å²) in [4.78, 5) is 22.9. The Kier molecular flexibility index (Phi) is 5.07. The molecule has 1 aliphatic rings. The summed E-state index contributed by atoms with van der Waals surface area (Å²) in [6.07, 6.45) is 0.536. The van der Waals surface area contributed by atoms with E-state index in [0.717, 1.165) is 0 Å². The van der Waals surface area contributed by atoms with Crippen molar-refractivity contribution in [3.63, 3.8) is 0 Å². The lowest BCUT2D eigenvalue weighted by molar-refractivity contribution is -0.385. The smallest absolute Gasteiger partial charge is 0.272 e. The molecular weight excluding hydrogens is 394 g/mol. The number of hydrogen-bond acceptors (Lipinski definition) is 5. The number of nitrogens with zero attached hydrogens (tertiary/aromatic N) is 2. The molecule has 0 atom stereocenters. The molecule has 1 amide bonds. The maximum atomic E-state index is 12.5. The molecule has 142 valence electrons.